The van der Waals surface area contributed by atoms with E-state index in [1.807, 2.05) is 6.92 Å². The number of amides is 1. The normalized spacial score (nSPS) is 13.8. The largest absolute Gasteiger partial charge is 0.490 e. The third-order valence-corrected chi connectivity index (χ3v) is 3.33. The Labute approximate surface area is 151 Å². The molecule has 8 nitrogen and oxygen atoms in total. The van der Waals surface area contributed by atoms with Gasteiger partial charge in [-0.3, -0.25) is 4.79 Å². The molecular formula is C16H16F3N3O5. The molecule has 3 rings (SSSR count). The van der Waals surface area contributed by atoms with Crippen LogP contribution in [0.2, 0.25) is 0 Å². The Morgan fingerprint density at radius 1 is 1.37 bits per heavy atom. The molecule has 3 N–H and O–H groups in total. The van der Waals surface area contributed by atoms with Crippen LogP contribution in [0, 0.1) is 6.92 Å². The molecule has 2 aromatic heterocycles. The topological polar surface area (TPSA) is 114 Å². The van der Waals surface area contributed by atoms with Gasteiger partial charge in [-0.15, -0.1) is 0 Å². The average molecular weight is 387 g/mol. The molecular weight excluding hydrogens is 371 g/mol. The number of pyridine rings is 1. The molecule has 0 spiro atoms. The van der Waals surface area contributed by atoms with Gasteiger partial charge in [0.2, 0.25) is 5.88 Å². The molecule has 11 heteroatoms. The van der Waals surface area contributed by atoms with Crippen LogP contribution in [0.5, 0.6) is 5.88 Å². The summed E-state index contributed by atoms with van der Waals surface area (Å²) in [6, 6.07) is 5.16. The van der Waals surface area contributed by atoms with Gasteiger partial charge in [0.05, 0.1) is 6.26 Å². The maximum Gasteiger partial charge on any atom is 0.490 e. The van der Waals surface area contributed by atoms with E-state index >= 15 is 0 Å². The fourth-order valence-electron chi connectivity index (χ4n) is 1.86. The quantitative estimate of drug-likeness (QED) is 0.737. The maximum absolute atomic E-state index is 12.0. The minimum atomic E-state index is -5.08. The predicted molar refractivity (Wildman–Crippen MR) is 86.6 cm³/mol. The lowest BCUT2D eigenvalue weighted by Gasteiger charge is -2.27. The van der Waals surface area contributed by atoms with Crippen molar-refractivity contribution in [2.75, 3.05) is 18.4 Å². The number of carboxylic acid groups (broad SMARTS) is 1. The highest BCUT2D eigenvalue weighted by Gasteiger charge is 2.38. The number of carbonyl (C=O) groups is 2. The van der Waals surface area contributed by atoms with E-state index in [2.05, 4.69) is 15.6 Å². The summed E-state index contributed by atoms with van der Waals surface area (Å²) in [6.45, 7) is 3.47. The number of carbonyl (C=O) groups excluding carboxylic acids is 1. The van der Waals surface area contributed by atoms with Crippen molar-refractivity contribution >= 4 is 17.6 Å². The first kappa shape index (κ1) is 20.2. The summed E-state index contributed by atoms with van der Waals surface area (Å²) in [4.78, 5) is 25.0. The number of anilines is 1. The van der Waals surface area contributed by atoms with Gasteiger partial charge in [0, 0.05) is 36.6 Å². The van der Waals surface area contributed by atoms with Gasteiger partial charge in [-0.05, 0) is 19.1 Å². The van der Waals surface area contributed by atoms with Crippen molar-refractivity contribution in [3.8, 4) is 5.88 Å². The minimum absolute atomic E-state index is 0.153. The molecule has 1 aliphatic heterocycles. The number of hydrogen-bond donors (Lipinski definition) is 3. The highest BCUT2D eigenvalue weighted by atomic mass is 19.4. The van der Waals surface area contributed by atoms with Crippen LogP contribution in [-0.2, 0) is 4.79 Å². The zero-order chi connectivity index (χ0) is 20.0. The van der Waals surface area contributed by atoms with E-state index < -0.39 is 12.1 Å². The number of aliphatic carboxylic acids is 1. The Morgan fingerprint density at radius 3 is 2.52 bits per heavy atom. The monoisotopic (exact) mass is 387 g/mol. The van der Waals surface area contributed by atoms with Crippen LogP contribution >= 0.6 is 0 Å². The summed E-state index contributed by atoms with van der Waals surface area (Å²) in [5.74, 6) is -2.22. The fraction of sp³-hybridized carbons (Fsp3) is 0.312. The third-order valence-electron chi connectivity index (χ3n) is 3.33. The molecule has 0 unspecified atom stereocenters. The number of aromatic nitrogens is 1. The number of nitrogens with one attached hydrogen (secondary N) is 2. The highest BCUT2D eigenvalue weighted by molar-refractivity contribution is 6.03. The molecule has 27 heavy (non-hydrogen) atoms. The molecule has 1 aliphatic rings. The van der Waals surface area contributed by atoms with Crippen molar-refractivity contribution in [1.29, 1.82) is 0 Å². The zero-order valence-corrected chi connectivity index (χ0v) is 14.0. The Hall–Kier alpha value is -3.08. The molecule has 0 bridgehead atoms. The first-order chi connectivity index (χ1) is 12.7. The van der Waals surface area contributed by atoms with Crippen LogP contribution in [0.1, 0.15) is 16.1 Å². The minimum Gasteiger partial charge on any atom is -0.475 e. The van der Waals surface area contributed by atoms with E-state index in [0.717, 1.165) is 18.7 Å². The second-order valence-corrected chi connectivity index (χ2v) is 5.47. The smallest absolute Gasteiger partial charge is 0.475 e. The van der Waals surface area contributed by atoms with Crippen LogP contribution in [0.4, 0.5) is 18.9 Å². The summed E-state index contributed by atoms with van der Waals surface area (Å²) < 4.78 is 42.5. The van der Waals surface area contributed by atoms with Gasteiger partial charge in [-0.1, -0.05) is 0 Å². The van der Waals surface area contributed by atoms with Crippen LogP contribution in [0.15, 0.2) is 35.1 Å². The lowest BCUT2D eigenvalue weighted by Crippen LogP contribution is -2.50. The summed E-state index contributed by atoms with van der Waals surface area (Å²) in [5.41, 5.74) is 1.43. The fourth-order valence-corrected chi connectivity index (χ4v) is 1.86. The van der Waals surface area contributed by atoms with E-state index in [1.54, 1.807) is 24.4 Å². The van der Waals surface area contributed by atoms with Gasteiger partial charge in [0.15, 0.2) is 5.76 Å². The summed E-state index contributed by atoms with van der Waals surface area (Å²) in [7, 11) is 0. The van der Waals surface area contributed by atoms with Gasteiger partial charge >= 0.3 is 12.1 Å². The third kappa shape index (κ3) is 5.99. The number of hydrogen-bond acceptors (Lipinski definition) is 6. The van der Waals surface area contributed by atoms with Crippen molar-refractivity contribution in [1.82, 2.24) is 10.3 Å². The maximum atomic E-state index is 12.0. The second kappa shape index (κ2) is 8.54. The first-order valence-corrected chi connectivity index (χ1v) is 7.66. The van der Waals surface area contributed by atoms with E-state index in [4.69, 9.17) is 19.1 Å². The van der Waals surface area contributed by atoms with Crippen molar-refractivity contribution in [3.63, 3.8) is 0 Å². The zero-order valence-electron chi connectivity index (χ0n) is 14.0. The molecule has 0 aromatic carbocycles. The number of aryl methyl sites for hydroxylation is 1. The van der Waals surface area contributed by atoms with Crippen LogP contribution < -0.4 is 15.4 Å². The van der Waals surface area contributed by atoms with Crippen molar-refractivity contribution in [2.24, 2.45) is 0 Å². The second-order valence-electron chi connectivity index (χ2n) is 5.47. The number of alkyl halides is 3. The molecule has 2 aromatic rings. The number of ether oxygens (including phenoxy) is 1. The molecule has 1 amide bonds. The molecule has 146 valence electrons. The number of rotatable bonds is 4. The van der Waals surface area contributed by atoms with Crippen molar-refractivity contribution < 1.29 is 37.0 Å². The summed E-state index contributed by atoms with van der Waals surface area (Å²) in [6.07, 6.45) is -1.83. The standard InChI is InChI=1S/C14H15N3O3.C2HF3O2/c1-9-3-5-19-13(9)14(18)17-10-2-4-16-12(6-10)20-11-7-15-8-11;3-2(4,5)1(6)7/h2-6,11,15H,7-8H2,1H3,(H,16,17,18);(H,6,7). The SMILES string of the molecule is Cc1ccoc1C(=O)Nc1ccnc(OC2CNC2)c1.O=C(O)C(F)(F)F. The van der Waals surface area contributed by atoms with Crippen LogP contribution in [0.25, 0.3) is 0 Å². The highest BCUT2D eigenvalue weighted by Crippen LogP contribution is 2.18. The van der Waals surface area contributed by atoms with Gasteiger partial charge in [0.1, 0.15) is 6.10 Å². The molecule has 3 heterocycles. The lowest BCUT2D eigenvalue weighted by molar-refractivity contribution is -0.192. The van der Waals surface area contributed by atoms with E-state index in [-0.39, 0.29) is 12.0 Å². The molecule has 0 radical (unpaired) electrons. The molecule has 0 saturated carbocycles. The molecule has 0 atom stereocenters. The van der Waals surface area contributed by atoms with Gasteiger partial charge in [0.25, 0.3) is 5.91 Å². The van der Waals surface area contributed by atoms with E-state index in [9.17, 15) is 18.0 Å². The molecule has 0 aliphatic carbocycles. The van der Waals surface area contributed by atoms with Crippen molar-refractivity contribution in [2.45, 2.75) is 19.2 Å². The first-order valence-electron chi connectivity index (χ1n) is 7.66. The van der Waals surface area contributed by atoms with Crippen LogP contribution in [0.3, 0.4) is 0 Å². The Kier molecular flexibility index (Phi) is 6.40. The average Bonchev–Trinajstić information content (AvgIpc) is 2.97. The number of halogens is 3. The van der Waals surface area contributed by atoms with Gasteiger partial charge < -0.3 is 24.9 Å². The van der Waals surface area contributed by atoms with Gasteiger partial charge in [-0.25, -0.2) is 9.78 Å². The summed E-state index contributed by atoms with van der Waals surface area (Å²) >= 11 is 0. The predicted octanol–water partition coefficient (Wildman–Crippen LogP) is 2.22. The Balaban J connectivity index is 0.000000321. The molecule has 1 saturated heterocycles. The van der Waals surface area contributed by atoms with Crippen LogP contribution in [-0.4, -0.2) is 47.3 Å². The Bertz CT molecular complexity index is 803. The number of nitrogens with zero attached hydrogens (tertiary/aromatic N) is 1. The summed E-state index contributed by atoms with van der Waals surface area (Å²) in [5, 5.41) is 13.0. The molecule has 1 fully saturated rings. The Morgan fingerprint density at radius 2 is 2.04 bits per heavy atom. The lowest BCUT2D eigenvalue weighted by atomic mass is 10.2. The number of carboxylic acids is 1. The number of furan rings is 1. The van der Waals surface area contributed by atoms with E-state index in [1.165, 1.54) is 6.26 Å². The van der Waals surface area contributed by atoms with Gasteiger partial charge in [-0.2, -0.15) is 13.2 Å². The van der Waals surface area contributed by atoms with Crippen molar-refractivity contribution in [3.05, 3.63) is 42.0 Å². The van der Waals surface area contributed by atoms with E-state index in [0.29, 0.717) is 17.3 Å².